The molecule has 3 aromatic carbocycles. The lowest BCUT2D eigenvalue weighted by atomic mass is 9.99. The summed E-state index contributed by atoms with van der Waals surface area (Å²) in [4.78, 5) is 13.1. The molecule has 0 bridgehead atoms. The van der Waals surface area contributed by atoms with Crippen molar-refractivity contribution < 1.29 is 0 Å². The van der Waals surface area contributed by atoms with Gasteiger partial charge in [-0.1, -0.05) is 66.7 Å². The van der Waals surface area contributed by atoms with Gasteiger partial charge in [0.2, 0.25) is 5.28 Å². The zero-order chi connectivity index (χ0) is 18.6. The number of nitriles is 1. The minimum absolute atomic E-state index is 0.0906. The second-order valence-electron chi connectivity index (χ2n) is 5.86. The Hall–Kier alpha value is -3.55. The van der Waals surface area contributed by atoms with Gasteiger partial charge in [-0.25, -0.2) is 4.98 Å². The number of hydrogen-bond donors (Lipinski definition) is 0. The Morgan fingerprint density at radius 1 is 0.667 bits per heavy atom. The molecule has 128 valence electrons. The van der Waals surface area contributed by atoms with Gasteiger partial charge in [-0.3, -0.25) is 0 Å². The Labute approximate surface area is 161 Å². The average Bonchev–Trinajstić information content (AvgIpc) is 2.74. The molecule has 0 radical (unpaired) electrons. The Morgan fingerprint density at radius 3 is 1.96 bits per heavy atom. The van der Waals surface area contributed by atoms with E-state index in [0.717, 1.165) is 16.7 Å². The van der Waals surface area contributed by atoms with Crippen LogP contribution in [0.1, 0.15) is 5.56 Å². The second-order valence-corrected chi connectivity index (χ2v) is 6.19. The maximum absolute atomic E-state index is 9.54. The van der Waals surface area contributed by atoms with Crippen LogP contribution in [0.4, 0.5) is 0 Å². The van der Waals surface area contributed by atoms with Gasteiger partial charge in [-0.15, -0.1) is 0 Å². The molecule has 0 aliphatic heterocycles. The van der Waals surface area contributed by atoms with Crippen LogP contribution in [0.25, 0.3) is 33.9 Å². The zero-order valence-electron chi connectivity index (χ0n) is 14.2. The molecule has 5 heteroatoms. The van der Waals surface area contributed by atoms with Crippen molar-refractivity contribution in [2.24, 2.45) is 0 Å². The molecule has 0 amide bonds. The van der Waals surface area contributed by atoms with Gasteiger partial charge in [0.1, 0.15) is 0 Å². The fourth-order valence-electron chi connectivity index (χ4n) is 2.82. The molecule has 0 aliphatic rings. The second kappa shape index (κ2) is 7.36. The third-order valence-electron chi connectivity index (χ3n) is 4.13. The van der Waals surface area contributed by atoms with Crippen molar-refractivity contribution in [1.82, 2.24) is 15.0 Å². The van der Waals surface area contributed by atoms with Crippen molar-refractivity contribution in [1.29, 1.82) is 5.26 Å². The van der Waals surface area contributed by atoms with Crippen LogP contribution in [0.15, 0.2) is 78.9 Å². The van der Waals surface area contributed by atoms with Crippen LogP contribution in [0.3, 0.4) is 0 Å². The maximum Gasteiger partial charge on any atom is 0.226 e. The van der Waals surface area contributed by atoms with Crippen molar-refractivity contribution in [2.45, 2.75) is 0 Å². The van der Waals surface area contributed by atoms with Crippen LogP contribution < -0.4 is 0 Å². The van der Waals surface area contributed by atoms with Crippen molar-refractivity contribution >= 4 is 11.6 Å². The number of nitrogens with zero attached hydrogens (tertiary/aromatic N) is 4. The fraction of sp³-hybridized carbons (Fsp3) is 0. The van der Waals surface area contributed by atoms with E-state index in [4.69, 9.17) is 11.6 Å². The molecule has 0 atom stereocenters. The van der Waals surface area contributed by atoms with E-state index in [1.165, 1.54) is 0 Å². The van der Waals surface area contributed by atoms with E-state index in [9.17, 15) is 5.26 Å². The fourth-order valence-corrected chi connectivity index (χ4v) is 2.98. The van der Waals surface area contributed by atoms with Gasteiger partial charge in [0.25, 0.3) is 0 Å². The molecule has 0 fully saturated rings. The van der Waals surface area contributed by atoms with Crippen molar-refractivity contribution in [3.63, 3.8) is 0 Å². The van der Waals surface area contributed by atoms with Gasteiger partial charge in [-0.05, 0) is 34.9 Å². The number of hydrogen-bond acceptors (Lipinski definition) is 4. The molecule has 0 saturated carbocycles. The number of rotatable bonds is 3. The van der Waals surface area contributed by atoms with E-state index in [1.54, 1.807) is 6.07 Å². The number of halogens is 1. The molecule has 4 nitrogen and oxygen atoms in total. The van der Waals surface area contributed by atoms with Gasteiger partial charge in [0, 0.05) is 11.1 Å². The average molecular weight is 369 g/mol. The highest BCUT2D eigenvalue weighted by atomic mass is 35.5. The minimum atomic E-state index is 0.0906. The lowest BCUT2D eigenvalue weighted by Crippen LogP contribution is -1.99. The van der Waals surface area contributed by atoms with E-state index in [2.05, 4.69) is 21.0 Å². The number of benzene rings is 3. The van der Waals surface area contributed by atoms with E-state index in [0.29, 0.717) is 22.8 Å². The summed E-state index contributed by atoms with van der Waals surface area (Å²) in [5, 5.41) is 9.63. The van der Waals surface area contributed by atoms with Crippen LogP contribution in [0.5, 0.6) is 0 Å². The first kappa shape index (κ1) is 16.9. The van der Waals surface area contributed by atoms with Crippen molar-refractivity contribution in [2.75, 3.05) is 0 Å². The van der Waals surface area contributed by atoms with Crippen LogP contribution in [-0.2, 0) is 0 Å². The predicted molar refractivity (Wildman–Crippen MR) is 106 cm³/mol. The summed E-state index contributed by atoms with van der Waals surface area (Å²) in [6.07, 6.45) is 0. The van der Waals surface area contributed by atoms with Gasteiger partial charge >= 0.3 is 0 Å². The molecule has 4 aromatic rings. The van der Waals surface area contributed by atoms with E-state index in [-0.39, 0.29) is 5.28 Å². The molecule has 0 spiro atoms. The van der Waals surface area contributed by atoms with Crippen molar-refractivity contribution in [3.05, 3.63) is 89.7 Å². The monoisotopic (exact) mass is 368 g/mol. The zero-order valence-corrected chi connectivity index (χ0v) is 14.9. The van der Waals surface area contributed by atoms with Crippen LogP contribution >= 0.6 is 11.6 Å². The smallest absolute Gasteiger partial charge is 0.208 e. The highest BCUT2D eigenvalue weighted by molar-refractivity contribution is 6.28. The first-order valence-corrected chi connectivity index (χ1v) is 8.69. The molecule has 0 saturated heterocycles. The molecule has 4 rings (SSSR count). The van der Waals surface area contributed by atoms with Gasteiger partial charge in [0.15, 0.2) is 11.6 Å². The quantitative estimate of drug-likeness (QED) is 0.486. The Bertz CT molecular complexity index is 1140. The van der Waals surface area contributed by atoms with Gasteiger partial charge in [0.05, 0.1) is 11.6 Å². The van der Waals surface area contributed by atoms with Gasteiger partial charge < -0.3 is 0 Å². The highest BCUT2D eigenvalue weighted by Crippen LogP contribution is 2.29. The number of aromatic nitrogens is 3. The Kier molecular flexibility index (Phi) is 4.61. The third-order valence-corrected chi connectivity index (χ3v) is 4.30. The van der Waals surface area contributed by atoms with E-state index in [1.807, 2.05) is 72.8 Å². The summed E-state index contributed by atoms with van der Waals surface area (Å²) >= 11 is 6.16. The molecule has 0 N–H and O–H groups in total. The summed E-state index contributed by atoms with van der Waals surface area (Å²) in [6.45, 7) is 0. The van der Waals surface area contributed by atoms with E-state index >= 15 is 0 Å². The van der Waals surface area contributed by atoms with Crippen LogP contribution in [0, 0.1) is 11.3 Å². The molecular weight excluding hydrogens is 356 g/mol. The Balaban J connectivity index is 1.88. The van der Waals surface area contributed by atoms with Crippen LogP contribution in [-0.4, -0.2) is 15.0 Å². The SMILES string of the molecule is N#Cc1ccc(-c2ccccc2)cc1-c1nc(Cl)nc(-c2ccccc2)n1. The van der Waals surface area contributed by atoms with Gasteiger partial charge in [-0.2, -0.15) is 15.2 Å². The summed E-state index contributed by atoms with van der Waals surface area (Å²) in [5.41, 5.74) is 3.96. The molecule has 1 aromatic heterocycles. The lowest BCUT2D eigenvalue weighted by molar-refractivity contribution is 1.06. The van der Waals surface area contributed by atoms with E-state index < -0.39 is 0 Å². The topological polar surface area (TPSA) is 62.5 Å². The molecule has 27 heavy (non-hydrogen) atoms. The maximum atomic E-state index is 9.54. The molecule has 1 heterocycles. The minimum Gasteiger partial charge on any atom is -0.208 e. The summed E-state index contributed by atoms with van der Waals surface area (Å²) < 4.78 is 0. The Morgan fingerprint density at radius 2 is 1.30 bits per heavy atom. The highest BCUT2D eigenvalue weighted by Gasteiger charge is 2.14. The largest absolute Gasteiger partial charge is 0.226 e. The summed E-state index contributed by atoms with van der Waals surface area (Å²) in [6, 6.07) is 27.3. The van der Waals surface area contributed by atoms with Crippen LogP contribution in [0.2, 0.25) is 5.28 Å². The molecule has 0 aliphatic carbocycles. The standard InChI is InChI=1S/C22H13ClN4/c23-22-26-20(16-9-5-2-6-10-16)25-21(27-22)19-13-17(11-12-18(19)14-24)15-7-3-1-4-8-15/h1-13H. The third kappa shape index (κ3) is 3.55. The van der Waals surface area contributed by atoms with Crippen molar-refractivity contribution in [3.8, 4) is 40.0 Å². The first-order chi connectivity index (χ1) is 13.2. The summed E-state index contributed by atoms with van der Waals surface area (Å²) in [5.74, 6) is 0.850. The molecular formula is C22H13ClN4. The predicted octanol–water partition coefficient (Wildman–Crippen LogP) is 5.40. The lowest BCUT2D eigenvalue weighted by Gasteiger charge is -2.09. The molecule has 0 unspecified atom stereocenters. The normalized spacial score (nSPS) is 10.4. The first-order valence-electron chi connectivity index (χ1n) is 8.31. The summed E-state index contributed by atoms with van der Waals surface area (Å²) in [7, 11) is 0.